The highest BCUT2D eigenvalue weighted by atomic mass is 14.6. The maximum atomic E-state index is 8.69. The Balaban J connectivity index is 2.58. The van der Waals surface area contributed by atoms with Crippen LogP contribution in [0.1, 0.15) is 61.1 Å². The molecule has 0 radical (unpaired) electrons. The van der Waals surface area contributed by atoms with Gasteiger partial charge in [0.1, 0.15) is 0 Å². The highest BCUT2D eigenvalue weighted by Crippen LogP contribution is 2.29. The van der Waals surface area contributed by atoms with E-state index in [0.29, 0.717) is 5.71 Å². The van der Waals surface area contributed by atoms with Crippen LogP contribution >= 0.6 is 0 Å². The van der Waals surface area contributed by atoms with Crippen molar-refractivity contribution >= 4 is 17.1 Å². The molecule has 2 aromatic carbocycles. The van der Waals surface area contributed by atoms with Crippen LogP contribution in [0, 0.1) is 5.41 Å². The van der Waals surface area contributed by atoms with Crippen molar-refractivity contribution in [1.29, 1.82) is 5.41 Å². The quantitative estimate of drug-likeness (QED) is 0.540. The standard InChI is InChI=1S/C21H29N3/c1-5-13-9-11-17(19(22)15(13)7-3)21(24)18-12-10-14(6-2)16(8-4)20(18)23/h9-12,24H,5-8,22-23H2,1-4H3. The largest absolute Gasteiger partial charge is 0.398 e. The zero-order valence-corrected chi connectivity index (χ0v) is 15.3. The maximum Gasteiger partial charge on any atom is 0.0726 e. The molecule has 3 nitrogen and oxygen atoms in total. The van der Waals surface area contributed by atoms with E-state index in [1.807, 2.05) is 12.1 Å². The van der Waals surface area contributed by atoms with Gasteiger partial charge in [0.25, 0.3) is 0 Å². The first kappa shape index (κ1) is 18.1. The lowest BCUT2D eigenvalue weighted by molar-refractivity contribution is 1.04. The minimum Gasteiger partial charge on any atom is -0.398 e. The Morgan fingerprint density at radius 2 is 1.08 bits per heavy atom. The molecule has 0 aromatic heterocycles. The van der Waals surface area contributed by atoms with Gasteiger partial charge in [-0.3, -0.25) is 5.41 Å². The molecule has 2 rings (SSSR count). The number of hydrogen-bond donors (Lipinski definition) is 3. The molecule has 0 bridgehead atoms. The SMILES string of the molecule is CCc1ccc(C(=N)c2ccc(CC)c(CC)c2N)c(N)c1CC. The number of nitrogens with two attached hydrogens (primary N) is 2. The van der Waals surface area contributed by atoms with Crippen LogP contribution in [0.15, 0.2) is 24.3 Å². The predicted molar refractivity (Wildman–Crippen MR) is 105 cm³/mol. The van der Waals surface area contributed by atoms with E-state index in [1.165, 1.54) is 11.1 Å². The fourth-order valence-electron chi connectivity index (χ4n) is 3.50. The molecular weight excluding hydrogens is 294 g/mol. The van der Waals surface area contributed by atoms with Gasteiger partial charge in [0.15, 0.2) is 0 Å². The Morgan fingerprint density at radius 3 is 1.38 bits per heavy atom. The van der Waals surface area contributed by atoms with Crippen molar-refractivity contribution in [3.63, 3.8) is 0 Å². The first-order valence-electron chi connectivity index (χ1n) is 8.89. The lowest BCUT2D eigenvalue weighted by Gasteiger charge is -2.18. The van der Waals surface area contributed by atoms with Gasteiger partial charge in [0.2, 0.25) is 0 Å². The normalized spacial score (nSPS) is 10.8. The molecule has 3 heteroatoms. The molecule has 0 aliphatic rings. The third-order valence-electron chi connectivity index (χ3n) is 4.92. The van der Waals surface area contributed by atoms with Crippen molar-refractivity contribution in [3.8, 4) is 0 Å². The summed E-state index contributed by atoms with van der Waals surface area (Å²) in [6, 6.07) is 8.12. The molecule has 0 aliphatic heterocycles. The number of hydrogen-bond acceptors (Lipinski definition) is 3. The van der Waals surface area contributed by atoms with Crippen LogP contribution < -0.4 is 11.5 Å². The molecule has 0 amide bonds. The zero-order valence-electron chi connectivity index (χ0n) is 15.3. The van der Waals surface area contributed by atoms with Crippen molar-refractivity contribution in [2.24, 2.45) is 0 Å². The van der Waals surface area contributed by atoms with Crippen LogP contribution in [0.2, 0.25) is 0 Å². The Bertz CT molecular complexity index is 697. The molecule has 24 heavy (non-hydrogen) atoms. The van der Waals surface area contributed by atoms with E-state index >= 15 is 0 Å². The van der Waals surface area contributed by atoms with E-state index in [-0.39, 0.29) is 0 Å². The van der Waals surface area contributed by atoms with E-state index in [2.05, 4.69) is 39.8 Å². The molecule has 0 spiro atoms. The van der Waals surface area contributed by atoms with Crippen molar-refractivity contribution in [3.05, 3.63) is 57.6 Å². The van der Waals surface area contributed by atoms with Gasteiger partial charge in [-0.05, 0) is 47.9 Å². The molecule has 0 fully saturated rings. The van der Waals surface area contributed by atoms with Gasteiger partial charge in [0.05, 0.1) is 5.71 Å². The number of rotatable bonds is 6. The third kappa shape index (κ3) is 3.03. The highest BCUT2D eigenvalue weighted by Gasteiger charge is 2.17. The molecule has 0 aliphatic carbocycles. The molecule has 0 atom stereocenters. The summed E-state index contributed by atoms with van der Waals surface area (Å²) in [7, 11) is 0. The molecule has 0 heterocycles. The van der Waals surface area contributed by atoms with Crippen molar-refractivity contribution in [2.75, 3.05) is 11.5 Å². The van der Waals surface area contributed by atoms with E-state index in [4.69, 9.17) is 16.9 Å². The van der Waals surface area contributed by atoms with Crippen molar-refractivity contribution < 1.29 is 0 Å². The molecule has 0 unspecified atom stereocenters. The van der Waals surface area contributed by atoms with E-state index < -0.39 is 0 Å². The summed E-state index contributed by atoms with van der Waals surface area (Å²) < 4.78 is 0. The third-order valence-corrected chi connectivity index (χ3v) is 4.92. The van der Waals surface area contributed by atoms with Gasteiger partial charge >= 0.3 is 0 Å². The van der Waals surface area contributed by atoms with Crippen LogP contribution in [0.25, 0.3) is 0 Å². The number of nitrogen functional groups attached to an aromatic ring is 2. The van der Waals surface area contributed by atoms with Crippen molar-refractivity contribution in [1.82, 2.24) is 0 Å². The zero-order chi connectivity index (χ0) is 17.9. The van der Waals surface area contributed by atoms with Gasteiger partial charge in [-0.2, -0.15) is 0 Å². The Morgan fingerprint density at radius 1 is 0.708 bits per heavy atom. The van der Waals surface area contributed by atoms with Gasteiger partial charge in [-0.15, -0.1) is 0 Å². The average molecular weight is 323 g/mol. The van der Waals surface area contributed by atoms with Gasteiger partial charge < -0.3 is 11.5 Å². The fourth-order valence-corrected chi connectivity index (χ4v) is 3.50. The number of aryl methyl sites for hydroxylation is 2. The van der Waals surface area contributed by atoms with Gasteiger partial charge in [0, 0.05) is 22.5 Å². The van der Waals surface area contributed by atoms with Crippen LogP contribution in [-0.2, 0) is 25.7 Å². The summed E-state index contributed by atoms with van der Waals surface area (Å²) in [5.74, 6) is 0. The molecular formula is C21H29N3. The first-order valence-corrected chi connectivity index (χ1v) is 8.89. The summed E-state index contributed by atoms with van der Waals surface area (Å²) >= 11 is 0. The maximum absolute atomic E-state index is 8.69. The van der Waals surface area contributed by atoms with E-state index in [1.54, 1.807) is 0 Å². The summed E-state index contributed by atoms with van der Waals surface area (Å²) in [4.78, 5) is 0. The Kier molecular flexibility index (Phi) is 5.66. The number of anilines is 2. The highest BCUT2D eigenvalue weighted by molar-refractivity contribution is 6.17. The fraction of sp³-hybridized carbons (Fsp3) is 0.381. The molecule has 5 N–H and O–H groups in total. The summed E-state index contributed by atoms with van der Waals surface area (Å²) in [6.45, 7) is 8.48. The Hall–Kier alpha value is -2.29. The average Bonchev–Trinajstić information content (AvgIpc) is 2.60. The second-order valence-electron chi connectivity index (χ2n) is 6.12. The number of nitrogens with one attached hydrogen (secondary N) is 1. The Labute approximate surface area is 145 Å². The lowest BCUT2D eigenvalue weighted by Crippen LogP contribution is -2.13. The smallest absolute Gasteiger partial charge is 0.0726 e. The topological polar surface area (TPSA) is 75.9 Å². The van der Waals surface area contributed by atoms with Crippen LogP contribution in [0.5, 0.6) is 0 Å². The molecule has 128 valence electrons. The minimum atomic E-state index is 0.416. The summed E-state index contributed by atoms with van der Waals surface area (Å²) in [5, 5.41) is 8.69. The molecule has 0 saturated carbocycles. The minimum absolute atomic E-state index is 0.416. The van der Waals surface area contributed by atoms with Crippen LogP contribution in [-0.4, -0.2) is 5.71 Å². The van der Waals surface area contributed by atoms with E-state index in [9.17, 15) is 0 Å². The molecule has 0 saturated heterocycles. The summed E-state index contributed by atoms with van der Waals surface area (Å²) in [5.41, 5.74) is 21.0. The first-order chi connectivity index (χ1) is 11.5. The second kappa shape index (κ2) is 7.52. The monoisotopic (exact) mass is 323 g/mol. The molecule has 2 aromatic rings. The second-order valence-corrected chi connectivity index (χ2v) is 6.12. The van der Waals surface area contributed by atoms with Crippen LogP contribution in [0.3, 0.4) is 0 Å². The predicted octanol–water partition coefficient (Wildman–Crippen LogP) is 4.52. The van der Waals surface area contributed by atoms with Crippen molar-refractivity contribution in [2.45, 2.75) is 53.4 Å². The van der Waals surface area contributed by atoms with Gasteiger partial charge in [-0.25, -0.2) is 0 Å². The van der Waals surface area contributed by atoms with E-state index in [0.717, 1.165) is 59.3 Å². The van der Waals surface area contributed by atoms with Gasteiger partial charge in [-0.1, -0.05) is 52.0 Å². The lowest BCUT2D eigenvalue weighted by atomic mass is 9.90. The van der Waals surface area contributed by atoms with Crippen LogP contribution in [0.4, 0.5) is 11.4 Å². The number of benzene rings is 2. The summed E-state index contributed by atoms with van der Waals surface area (Å²) in [6.07, 6.45) is 3.66.